The molecule has 1 amide bonds. The van der Waals surface area contributed by atoms with E-state index in [0.717, 1.165) is 22.5 Å². The molecule has 1 aromatic carbocycles. The van der Waals surface area contributed by atoms with Crippen LogP contribution in [0.2, 0.25) is 0 Å². The fraction of sp³-hybridized carbons (Fsp3) is 0.389. The molecule has 126 valence electrons. The first-order valence-electron chi connectivity index (χ1n) is 8.09. The molecule has 0 bridgehead atoms. The van der Waals surface area contributed by atoms with E-state index in [1.807, 2.05) is 32.9 Å². The Morgan fingerprint density at radius 2 is 1.71 bits per heavy atom. The molecule has 2 heterocycles. The molecule has 2 aromatic rings. The first kappa shape index (κ1) is 16.4. The van der Waals surface area contributed by atoms with Gasteiger partial charge in [-0.3, -0.25) is 4.79 Å². The summed E-state index contributed by atoms with van der Waals surface area (Å²) in [5.74, 6) is 0.365. The van der Waals surface area contributed by atoms with E-state index in [0.29, 0.717) is 37.9 Å². The van der Waals surface area contributed by atoms with Crippen LogP contribution in [0.15, 0.2) is 24.3 Å². The van der Waals surface area contributed by atoms with Gasteiger partial charge in [0.25, 0.3) is 5.91 Å². The summed E-state index contributed by atoms with van der Waals surface area (Å²) in [6.07, 6.45) is 0. The van der Waals surface area contributed by atoms with Crippen molar-refractivity contribution in [3.8, 4) is 0 Å². The molecule has 0 aliphatic carbocycles. The second-order valence-electron chi connectivity index (χ2n) is 6.12. The quantitative estimate of drug-likeness (QED) is 0.939. The van der Waals surface area contributed by atoms with Crippen LogP contribution in [0.1, 0.15) is 27.3 Å². The van der Waals surface area contributed by atoms with Crippen molar-refractivity contribution in [1.29, 1.82) is 0 Å². The Morgan fingerprint density at radius 3 is 2.38 bits per heavy atom. The van der Waals surface area contributed by atoms with Crippen LogP contribution in [0, 0.1) is 20.8 Å². The number of aromatic nitrogens is 2. The average molecular weight is 326 g/mol. The summed E-state index contributed by atoms with van der Waals surface area (Å²) < 4.78 is 5.30. The number of amides is 1. The molecule has 6 nitrogen and oxygen atoms in total. The number of morpholine rings is 1. The summed E-state index contributed by atoms with van der Waals surface area (Å²) in [4.78, 5) is 23.2. The van der Waals surface area contributed by atoms with Gasteiger partial charge >= 0.3 is 0 Å². The van der Waals surface area contributed by atoms with Gasteiger partial charge in [-0.05, 0) is 50.1 Å². The van der Waals surface area contributed by atoms with E-state index in [2.05, 4.69) is 21.4 Å². The Hall–Kier alpha value is -2.47. The molecule has 0 radical (unpaired) electrons. The monoisotopic (exact) mass is 326 g/mol. The van der Waals surface area contributed by atoms with Crippen molar-refractivity contribution in [2.24, 2.45) is 0 Å². The highest BCUT2D eigenvalue weighted by Crippen LogP contribution is 2.18. The number of ether oxygens (including phenoxy) is 1. The van der Waals surface area contributed by atoms with E-state index in [4.69, 9.17) is 4.74 Å². The Morgan fingerprint density at radius 1 is 1.04 bits per heavy atom. The van der Waals surface area contributed by atoms with Gasteiger partial charge < -0.3 is 15.0 Å². The lowest BCUT2D eigenvalue weighted by Gasteiger charge is -2.26. The highest BCUT2D eigenvalue weighted by molar-refractivity contribution is 5.92. The van der Waals surface area contributed by atoms with Crippen LogP contribution in [0.4, 0.5) is 11.6 Å². The van der Waals surface area contributed by atoms with E-state index in [9.17, 15) is 4.79 Å². The van der Waals surface area contributed by atoms with Crippen molar-refractivity contribution in [2.75, 3.05) is 31.6 Å². The van der Waals surface area contributed by atoms with Crippen molar-refractivity contribution in [3.05, 3.63) is 46.8 Å². The van der Waals surface area contributed by atoms with Crippen molar-refractivity contribution < 1.29 is 9.53 Å². The number of nitrogens with one attached hydrogen (secondary N) is 1. The zero-order valence-electron chi connectivity index (χ0n) is 14.3. The number of carbonyl (C=O) groups is 1. The zero-order chi connectivity index (χ0) is 17.1. The SMILES string of the molecule is Cc1cc(C)cc(Nc2nc(C)cc(C(=O)N3CCOCC3)n2)c1. The summed E-state index contributed by atoms with van der Waals surface area (Å²) in [5, 5.41) is 3.21. The lowest BCUT2D eigenvalue weighted by atomic mass is 10.1. The molecular formula is C18H22N4O2. The highest BCUT2D eigenvalue weighted by atomic mass is 16.5. The summed E-state index contributed by atoms with van der Waals surface area (Å²) in [5.41, 5.74) is 4.41. The zero-order valence-corrected chi connectivity index (χ0v) is 14.3. The van der Waals surface area contributed by atoms with Crippen molar-refractivity contribution >= 4 is 17.5 Å². The molecule has 1 N–H and O–H groups in total. The largest absolute Gasteiger partial charge is 0.378 e. The minimum Gasteiger partial charge on any atom is -0.378 e. The molecule has 24 heavy (non-hydrogen) atoms. The van der Waals surface area contributed by atoms with Gasteiger partial charge in [-0.15, -0.1) is 0 Å². The van der Waals surface area contributed by atoms with E-state index in [1.54, 1.807) is 11.0 Å². The summed E-state index contributed by atoms with van der Waals surface area (Å²) in [7, 11) is 0. The van der Waals surface area contributed by atoms with Crippen LogP contribution >= 0.6 is 0 Å². The normalized spacial score (nSPS) is 14.5. The van der Waals surface area contributed by atoms with Gasteiger partial charge in [-0.1, -0.05) is 6.07 Å². The Bertz CT molecular complexity index is 734. The number of anilines is 2. The van der Waals surface area contributed by atoms with Gasteiger partial charge in [-0.2, -0.15) is 0 Å². The number of aryl methyl sites for hydroxylation is 3. The topological polar surface area (TPSA) is 67.4 Å². The Balaban J connectivity index is 1.84. The average Bonchev–Trinajstić information content (AvgIpc) is 2.53. The Labute approximate surface area is 141 Å². The third-order valence-electron chi connectivity index (χ3n) is 3.85. The van der Waals surface area contributed by atoms with Gasteiger partial charge in [0.05, 0.1) is 13.2 Å². The predicted octanol–water partition coefficient (Wildman–Crippen LogP) is 2.62. The molecule has 0 unspecified atom stereocenters. The fourth-order valence-corrected chi connectivity index (χ4v) is 2.84. The molecule has 6 heteroatoms. The number of nitrogens with zero attached hydrogens (tertiary/aromatic N) is 3. The lowest BCUT2D eigenvalue weighted by Crippen LogP contribution is -2.41. The number of carbonyl (C=O) groups excluding carboxylic acids is 1. The summed E-state index contributed by atoms with van der Waals surface area (Å²) in [6.45, 7) is 8.30. The van der Waals surface area contributed by atoms with Crippen molar-refractivity contribution in [2.45, 2.75) is 20.8 Å². The lowest BCUT2D eigenvalue weighted by molar-refractivity contribution is 0.0299. The molecule has 0 atom stereocenters. The first-order chi connectivity index (χ1) is 11.5. The molecule has 1 aromatic heterocycles. The molecule has 3 rings (SSSR count). The molecule has 1 aliphatic rings. The maximum atomic E-state index is 12.6. The van der Waals surface area contributed by atoms with Crippen LogP contribution in [0.5, 0.6) is 0 Å². The minimum absolute atomic E-state index is 0.0766. The molecular weight excluding hydrogens is 304 g/mol. The van der Waals surface area contributed by atoms with Crippen LogP contribution in [0.3, 0.4) is 0 Å². The van der Waals surface area contributed by atoms with E-state index < -0.39 is 0 Å². The smallest absolute Gasteiger partial charge is 0.272 e. The van der Waals surface area contributed by atoms with Gasteiger partial charge in [0.2, 0.25) is 5.95 Å². The molecule has 1 fully saturated rings. The molecule has 0 saturated carbocycles. The molecule has 1 saturated heterocycles. The minimum atomic E-state index is -0.0766. The number of benzene rings is 1. The third kappa shape index (κ3) is 3.89. The van der Waals surface area contributed by atoms with Gasteiger partial charge in [0.15, 0.2) is 0 Å². The molecule has 0 spiro atoms. The van der Waals surface area contributed by atoms with Gasteiger partial charge in [0.1, 0.15) is 5.69 Å². The van der Waals surface area contributed by atoms with Crippen LogP contribution < -0.4 is 5.32 Å². The number of hydrogen-bond acceptors (Lipinski definition) is 5. The van der Waals surface area contributed by atoms with Crippen LogP contribution in [-0.4, -0.2) is 47.1 Å². The maximum Gasteiger partial charge on any atom is 0.272 e. The fourth-order valence-electron chi connectivity index (χ4n) is 2.84. The second kappa shape index (κ2) is 6.97. The van der Waals surface area contributed by atoms with E-state index in [-0.39, 0.29) is 5.91 Å². The summed E-state index contributed by atoms with van der Waals surface area (Å²) in [6, 6.07) is 7.89. The maximum absolute atomic E-state index is 12.6. The molecule has 1 aliphatic heterocycles. The number of hydrogen-bond donors (Lipinski definition) is 1. The first-order valence-corrected chi connectivity index (χ1v) is 8.09. The van der Waals surface area contributed by atoms with E-state index >= 15 is 0 Å². The van der Waals surface area contributed by atoms with Crippen LogP contribution in [0.25, 0.3) is 0 Å². The predicted molar refractivity (Wildman–Crippen MR) is 92.7 cm³/mol. The second-order valence-corrected chi connectivity index (χ2v) is 6.12. The van der Waals surface area contributed by atoms with Gasteiger partial charge in [0, 0.05) is 24.5 Å². The highest BCUT2D eigenvalue weighted by Gasteiger charge is 2.20. The van der Waals surface area contributed by atoms with Crippen molar-refractivity contribution in [3.63, 3.8) is 0 Å². The van der Waals surface area contributed by atoms with Crippen LogP contribution in [-0.2, 0) is 4.74 Å². The standard InChI is InChI=1S/C18H22N4O2/c1-12-8-13(2)10-15(9-12)20-18-19-14(3)11-16(21-18)17(23)22-4-6-24-7-5-22/h8-11H,4-7H2,1-3H3,(H,19,20,21). The summed E-state index contributed by atoms with van der Waals surface area (Å²) >= 11 is 0. The van der Waals surface area contributed by atoms with Crippen molar-refractivity contribution in [1.82, 2.24) is 14.9 Å². The third-order valence-corrected chi connectivity index (χ3v) is 3.85. The van der Waals surface area contributed by atoms with E-state index in [1.165, 1.54) is 0 Å². The van der Waals surface area contributed by atoms with Gasteiger partial charge in [-0.25, -0.2) is 9.97 Å². The Kier molecular flexibility index (Phi) is 4.76. The number of rotatable bonds is 3.